The number of hydrogen-bond donors (Lipinski definition) is 2. The molecule has 3 rings (SSSR count). The number of thioether (sulfide) groups is 1. The number of rotatable bonds is 1. The molecule has 6 heteroatoms. The number of nitrogens with one attached hydrogen (secondary N) is 2. The summed E-state index contributed by atoms with van der Waals surface area (Å²) in [5.41, 5.74) is 2.17. The molecule has 1 aromatic carbocycles. The molecule has 0 radical (unpaired) electrons. The summed E-state index contributed by atoms with van der Waals surface area (Å²) in [5, 5.41) is 9.79. The van der Waals surface area contributed by atoms with Gasteiger partial charge in [-0.2, -0.15) is 5.10 Å². The van der Waals surface area contributed by atoms with Crippen molar-refractivity contribution in [3.05, 3.63) is 46.1 Å². The van der Waals surface area contributed by atoms with Crippen LogP contribution in [0.4, 0.5) is 5.82 Å². The predicted octanol–water partition coefficient (Wildman–Crippen LogP) is 2.95. The highest BCUT2D eigenvalue weighted by Crippen LogP contribution is 2.42. The number of fused-ring (bicyclic) bond motifs is 1. The second-order valence-electron chi connectivity index (χ2n) is 3.96. The van der Waals surface area contributed by atoms with Gasteiger partial charge in [-0.3, -0.25) is 9.89 Å². The molecule has 92 valence electrons. The van der Waals surface area contributed by atoms with E-state index in [-0.39, 0.29) is 11.2 Å². The fourth-order valence-electron chi connectivity index (χ4n) is 1.96. The Labute approximate surface area is 117 Å². The van der Waals surface area contributed by atoms with Crippen LogP contribution >= 0.6 is 27.7 Å². The van der Waals surface area contributed by atoms with Gasteiger partial charge in [-0.25, -0.2) is 0 Å². The summed E-state index contributed by atoms with van der Waals surface area (Å²) in [6.45, 7) is 0. The monoisotopic (exact) mass is 323 g/mol. The number of carbonyl (C=O) groups is 1. The number of amides is 1. The number of carbonyl (C=O) groups excluding carboxylic acids is 1. The molecule has 1 aliphatic heterocycles. The third-order valence-corrected chi connectivity index (χ3v) is 4.78. The van der Waals surface area contributed by atoms with Crippen LogP contribution in [0.15, 0.2) is 34.9 Å². The number of benzene rings is 1. The van der Waals surface area contributed by atoms with Crippen molar-refractivity contribution in [2.45, 2.75) is 5.25 Å². The SMILES string of the molecule is O=C1CS[C@@H](c2ccccc2Br)c2cn[nH]c2N1. The molecule has 0 bridgehead atoms. The summed E-state index contributed by atoms with van der Waals surface area (Å²) in [5.74, 6) is 1.14. The van der Waals surface area contributed by atoms with Gasteiger partial charge in [0.15, 0.2) is 0 Å². The van der Waals surface area contributed by atoms with E-state index in [4.69, 9.17) is 0 Å². The lowest BCUT2D eigenvalue weighted by Gasteiger charge is -2.15. The van der Waals surface area contributed by atoms with Gasteiger partial charge >= 0.3 is 0 Å². The van der Waals surface area contributed by atoms with Gasteiger partial charge in [0.2, 0.25) is 5.91 Å². The molecule has 4 nitrogen and oxygen atoms in total. The van der Waals surface area contributed by atoms with Crippen LogP contribution in [0.25, 0.3) is 0 Å². The van der Waals surface area contributed by atoms with Crippen LogP contribution in [-0.4, -0.2) is 21.9 Å². The minimum absolute atomic E-state index is 0.0000496. The summed E-state index contributed by atoms with van der Waals surface area (Å²) >= 11 is 5.17. The Morgan fingerprint density at radius 2 is 2.17 bits per heavy atom. The van der Waals surface area contributed by atoms with Crippen molar-refractivity contribution >= 4 is 39.4 Å². The van der Waals surface area contributed by atoms with Gasteiger partial charge in [-0.1, -0.05) is 34.1 Å². The number of H-pyrrole nitrogens is 1. The zero-order chi connectivity index (χ0) is 12.5. The predicted molar refractivity (Wildman–Crippen MR) is 75.7 cm³/mol. The number of nitrogens with zero attached hydrogens (tertiary/aromatic N) is 1. The van der Waals surface area contributed by atoms with Crippen LogP contribution in [-0.2, 0) is 4.79 Å². The standard InChI is InChI=1S/C12H10BrN3OS/c13-9-4-2-1-3-7(9)11-8-5-14-16-12(8)15-10(17)6-18-11/h1-5,11H,6H2,(H2,14,15,16,17)/t11-/m0/s1. The van der Waals surface area contributed by atoms with Crippen LogP contribution in [0, 0.1) is 0 Å². The van der Waals surface area contributed by atoms with Gasteiger partial charge in [0.1, 0.15) is 5.82 Å². The Balaban J connectivity index is 2.08. The third-order valence-electron chi connectivity index (χ3n) is 2.78. The maximum atomic E-state index is 11.6. The average Bonchev–Trinajstić information content (AvgIpc) is 2.74. The van der Waals surface area contributed by atoms with Crippen molar-refractivity contribution in [3.63, 3.8) is 0 Å². The van der Waals surface area contributed by atoms with Gasteiger partial charge in [0.05, 0.1) is 17.2 Å². The highest BCUT2D eigenvalue weighted by atomic mass is 79.9. The van der Waals surface area contributed by atoms with E-state index < -0.39 is 0 Å². The van der Waals surface area contributed by atoms with Gasteiger partial charge < -0.3 is 5.32 Å². The molecule has 0 fully saturated rings. The van der Waals surface area contributed by atoms with E-state index in [1.165, 1.54) is 0 Å². The molecule has 0 saturated heterocycles. The fraction of sp³-hybridized carbons (Fsp3) is 0.167. The lowest BCUT2D eigenvalue weighted by Crippen LogP contribution is -2.12. The maximum absolute atomic E-state index is 11.6. The Morgan fingerprint density at radius 1 is 1.33 bits per heavy atom. The quantitative estimate of drug-likeness (QED) is 0.848. The van der Waals surface area contributed by atoms with Crippen LogP contribution in [0.3, 0.4) is 0 Å². The van der Waals surface area contributed by atoms with E-state index in [0.29, 0.717) is 11.6 Å². The van der Waals surface area contributed by atoms with Crippen molar-refractivity contribution in [1.29, 1.82) is 0 Å². The first-order chi connectivity index (χ1) is 8.75. The minimum Gasteiger partial charge on any atom is -0.310 e. The largest absolute Gasteiger partial charge is 0.310 e. The average molecular weight is 324 g/mol. The van der Waals surface area contributed by atoms with Gasteiger partial charge in [0.25, 0.3) is 0 Å². The van der Waals surface area contributed by atoms with Gasteiger partial charge in [-0.15, -0.1) is 11.8 Å². The van der Waals surface area contributed by atoms with Crippen LogP contribution < -0.4 is 5.32 Å². The second kappa shape index (κ2) is 4.78. The molecule has 1 amide bonds. The molecule has 18 heavy (non-hydrogen) atoms. The second-order valence-corrected chi connectivity index (χ2v) is 5.91. The van der Waals surface area contributed by atoms with E-state index in [1.807, 2.05) is 18.2 Å². The molecule has 0 unspecified atom stereocenters. The van der Waals surface area contributed by atoms with Crippen LogP contribution in [0.1, 0.15) is 16.4 Å². The molecule has 0 spiro atoms. The van der Waals surface area contributed by atoms with Crippen molar-refractivity contribution in [2.24, 2.45) is 0 Å². The lowest BCUT2D eigenvalue weighted by atomic mass is 10.1. The minimum atomic E-state index is 0.0000496. The molecule has 1 aliphatic rings. The van der Waals surface area contributed by atoms with E-state index in [2.05, 4.69) is 37.5 Å². The molecular weight excluding hydrogens is 314 g/mol. The normalized spacial score (nSPS) is 18.9. The number of halogens is 1. The number of anilines is 1. The first kappa shape index (κ1) is 11.8. The van der Waals surface area contributed by atoms with Crippen molar-refractivity contribution < 1.29 is 4.79 Å². The van der Waals surface area contributed by atoms with E-state index in [9.17, 15) is 4.79 Å². The Bertz CT molecular complexity index is 599. The molecule has 1 aromatic heterocycles. The lowest BCUT2D eigenvalue weighted by molar-refractivity contribution is -0.113. The van der Waals surface area contributed by atoms with Crippen molar-refractivity contribution in [2.75, 3.05) is 11.1 Å². The van der Waals surface area contributed by atoms with Crippen LogP contribution in [0.5, 0.6) is 0 Å². The summed E-state index contributed by atoms with van der Waals surface area (Å²) in [7, 11) is 0. The molecule has 1 atom stereocenters. The maximum Gasteiger partial charge on any atom is 0.235 e. The van der Waals surface area contributed by atoms with Crippen LogP contribution in [0.2, 0.25) is 0 Å². The van der Waals surface area contributed by atoms with Crippen molar-refractivity contribution in [1.82, 2.24) is 10.2 Å². The smallest absolute Gasteiger partial charge is 0.235 e. The molecule has 2 heterocycles. The number of aromatic nitrogens is 2. The zero-order valence-electron chi connectivity index (χ0n) is 9.31. The van der Waals surface area contributed by atoms with Gasteiger partial charge in [0, 0.05) is 10.0 Å². The topological polar surface area (TPSA) is 57.8 Å². The Hall–Kier alpha value is -1.27. The van der Waals surface area contributed by atoms with Gasteiger partial charge in [-0.05, 0) is 11.6 Å². The first-order valence-corrected chi connectivity index (χ1v) is 7.29. The number of hydrogen-bond acceptors (Lipinski definition) is 3. The summed E-state index contributed by atoms with van der Waals surface area (Å²) in [4.78, 5) is 11.6. The zero-order valence-corrected chi connectivity index (χ0v) is 11.7. The molecule has 0 aliphatic carbocycles. The number of aromatic amines is 1. The van der Waals surface area contributed by atoms with E-state index in [1.54, 1.807) is 18.0 Å². The van der Waals surface area contributed by atoms with Crippen molar-refractivity contribution in [3.8, 4) is 0 Å². The molecular formula is C12H10BrN3OS. The molecule has 0 saturated carbocycles. The molecule has 2 aromatic rings. The summed E-state index contributed by atoms with van der Waals surface area (Å²) in [6, 6.07) is 8.05. The highest BCUT2D eigenvalue weighted by molar-refractivity contribution is 9.10. The summed E-state index contributed by atoms with van der Waals surface area (Å²) < 4.78 is 1.05. The Morgan fingerprint density at radius 3 is 3.00 bits per heavy atom. The highest BCUT2D eigenvalue weighted by Gasteiger charge is 2.26. The van der Waals surface area contributed by atoms with E-state index >= 15 is 0 Å². The fourth-order valence-corrected chi connectivity index (χ4v) is 3.76. The third kappa shape index (κ3) is 2.06. The Kier molecular flexibility index (Phi) is 3.13. The molecule has 2 N–H and O–H groups in total. The summed E-state index contributed by atoms with van der Waals surface area (Å²) in [6.07, 6.45) is 1.78. The first-order valence-electron chi connectivity index (χ1n) is 5.45. The van der Waals surface area contributed by atoms with E-state index in [0.717, 1.165) is 15.6 Å².